The molecule has 23 heavy (non-hydrogen) atoms. The van der Waals surface area contributed by atoms with E-state index in [0.717, 1.165) is 38.3 Å². The second-order valence-electron chi connectivity index (χ2n) is 5.69. The Morgan fingerprint density at radius 3 is 2.78 bits per heavy atom. The van der Waals surface area contributed by atoms with Crippen molar-refractivity contribution in [1.29, 1.82) is 0 Å². The highest BCUT2D eigenvalue weighted by molar-refractivity contribution is 5.79. The summed E-state index contributed by atoms with van der Waals surface area (Å²) in [5, 5.41) is 11.0. The molecule has 2 N–H and O–H groups in total. The third-order valence-electron chi connectivity index (χ3n) is 3.73. The van der Waals surface area contributed by atoms with Crippen LogP contribution in [0, 0.1) is 0 Å². The minimum Gasteiger partial charge on any atom is -0.356 e. The Bertz CT molecular complexity index is 562. The van der Waals surface area contributed by atoms with Crippen LogP contribution < -0.4 is 10.6 Å². The maximum Gasteiger partial charge on any atom is 0.191 e. The lowest BCUT2D eigenvalue weighted by Gasteiger charge is -2.18. The summed E-state index contributed by atoms with van der Waals surface area (Å²) in [5.74, 6) is 0.867. The zero-order valence-electron chi connectivity index (χ0n) is 14.1. The van der Waals surface area contributed by atoms with E-state index < -0.39 is 0 Å². The molecule has 1 heterocycles. The van der Waals surface area contributed by atoms with Crippen LogP contribution in [0.4, 0.5) is 0 Å². The Morgan fingerprint density at radius 1 is 1.26 bits per heavy atom. The molecule has 5 heteroatoms. The first-order valence-electron chi connectivity index (χ1n) is 8.26. The predicted octanol–water partition coefficient (Wildman–Crippen LogP) is 2.46. The summed E-state index contributed by atoms with van der Waals surface area (Å²) in [6.45, 7) is 3.99. The molecule has 0 amide bonds. The summed E-state index contributed by atoms with van der Waals surface area (Å²) in [5.41, 5.74) is 1.38. The smallest absolute Gasteiger partial charge is 0.191 e. The number of nitrogens with one attached hydrogen (secondary N) is 2. The first-order chi connectivity index (χ1) is 11.3. The molecule has 1 aromatic heterocycles. The van der Waals surface area contributed by atoms with Crippen molar-refractivity contribution in [2.45, 2.75) is 38.8 Å². The molecule has 0 fully saturated rings. The Balaban J connectivity index is 1.63. The summed E-state index contributed by atoms with van der Waals surface area (Å²) < 4.78 is 1.94. The van der Waals surface area contributed by atoms with E-state index >= 15 is 0 Å². The minimum atomic E-state index is 0.382. The van der Waals surface area contributed by atoms with Gasteiger partial charge in [0, 0.05) is 38.6 Å². The van der Waals surface area contributed by atoms with Gasteiger partial charge in [0.15, 0.2) is 5.96 Å². The molecule has 0 aliphatic rings. The molecule has 0 spiro atoms. The van der Waals surface area contributed by atoms with Crippen LogP contribution in [-0.4, -0.2) is 35.4 Å². The zero-order valence-corrected chi connectivity index (χ0v) is 14.1. The lowest BCUT2D eigenvalue weighted by Crippen LogP contribution is -2.42. The molecular weight excluding hydrogens is 286 g/mol. The van der Waals surface area contributed by atoms with Gasteiger partial charge >= 0.3 is 0 Å². The van der Waals surface area contributed by atoms with Crippen LogP contribution in [0.1, 0.15) is 25.3 Å². The van der Waals surface area contributed by atoms with Crippen LogP contribution in [-0.2, 0) is 13.0 Å². The molecule has 0 saturated heterocycles. The van der Waals surface area contributed by atoms with Crippen molar-refractivity contribution < 1.29 is 0 Å². The van der Waals surface area contributed by atoms with Crippen molar-refractivity contribution in [3.8, 4) is 0 Å². The summed E-state index contributed by atoms with van der Waals surface area (Å²) in [7, 11) is 1.81. The molecule has 1 unspecified atom stereocenters. The van der Waals surface area contributed by atoms with Crippen LogP contribution in [0.3, 0.4) is 0 Å². The van der Waals surface area contributed by atoms with Gasteiger partial charge in [-0.15, -0.1) is 0 Å². The maximum absolute atomic E-state index is 4.29. The van der Waals surface area contributed by atoms with Crippen molar-refractivity contribution >= 4 is 5.96 Å². The van der Waals surface area contributed by atoms with Gasteiger partial charge in [0.1, 0.15) is 0 Å². The first kappa shape index (κ1) is 17.1. The monoisotopic (exact) mass is 313 g/mol. The number of hydrogen-bond donors (Lipinski definition) is 2. The number of hydrogen-bond acceptors (Lipinski definition) is 2. The number of benzene rings is 1. The summed E-state index contributed by atoms with van der Waals surface area (Å²) >= 11 is 0. The number of guanidine groups is 1. The molecule has 0 saturated carbocycles. The summed E-state index contributed by atoms with van der Waals surface area (Å²) in [6, 6.07) is 12.9. The Kier molecular flexibility index (Phi) is 7.17. The van der Waals surface area contributed by atoms with Crippen molar-refractivity contribution in [1.82, 2.24) is 20.4 Å². The highest BCUT2D eigenvalue weighted by Gasteiger charge is 2.05. The normalized spacial score (nSPS) is 12.9. The average Bonchev–Trinajstić information content (AvgIpc) is 3.10. The Labute approximate surface area is 138 Å². The molecule has 2 rings (SSSR count). The fraction of sp³-hybridized carbons (Fsp3) is 0.444. The van der Waals surface area contributed by atoms with E-state index in [1.807, 2.05) is 30.2 Å². The average molecular weight is 313 g/mol. The molecule has 5 nitrogen and oxygen atoms in total. The quantitative estimate of drug-likeness (QED) is 0.447. The summed E-state index contributed by atoms with van der Waals surface area (Å²) in [6.07, 6.45) is 6.96. The molecule has 1 atom stereocenters. The van der Waals surface area contributed by atoms with Crippen LogP contribution in [0.2, 0.25) is 0 Å². The largest absolute Gasteiger partial charge is 0.356 e. The van der Waals surface area contributed by atoms with Gasteiger partial charge in [-0.2, -0.15) is 5.10 Å². The lowest BCUT2D eigenvalue weighted by molar-refractivity contribution is 0.559. The fourth-order valence-electron chi connectivity index (χ4n) is 2.41. The van der Waals surface area contributed by atoms with Crippen molar-refractivity contribution in [2.75, 3.05) is 13.6 Å². The van der Waals surface area contributed by atoms with Crippen molar-refractivity contribution in [3.05, 3.63) is 54.4 Å². The van der Waals surface area contributed by atoms with Crippen LogP contribution in [0.15, 0.2) is 53.8 Å². The molecule has 0 radical (unpaired) electrons. The van der Waals surface area contributed by atoms with Gasteiger partial charge in [0.25, 0.3) is 0 Å². The van der Waals surface area contributed by atoms with E-state index in [9.17, 15) is 0 Å². The van der Waals surface area contributed by atoms with E-state index in [-0.39, 0.29) is 0 Å². The molecule has 124 valence electrons. The maximum atomic E-state index is 4.29. The van der Waals surface area contributed by atoms with Crippen LogP contribution >= 0.6 is 0 Å². The molecule has 0 aliphatic carbocycles. The third-order valence-corrected chi connectivity index (χ3v) is 3.73. The Morgan fingerprint density at radius 2 is 2.09 bits per heavy atom. The number of rotatable bonds is 8. The first-order valence-corrected chi connectivity index (χ1v) is 8.26. The van der Waals surface area contributed by atoms with Crippen LogP contribution in [0.5, 0.6) is 0 Å². The second-order valence-corrected chi connectivity index (χ2v) is 5.69. The lowest BCUT2D eigenvalue weighted by atomic mass is 10.1. The standard InChI is InChI=1S/C18H27N5/c1-16(10-11-17-8-4-3-5-9-17)22-18(19-2)20-12-6-14-23-15-7-13-21-23/h3-5,7-9,13,15-16H,6,10-12,14H2,1-2H3,(H2,19,20,22). The van der Waals surface area contributed by atoms with E-state index in [2.05, 4.69) is 58.0 Å². The van der Waals surface area contributed by atoms with Gasteiger partial charge in [-0.25, -0.2) is 0 Å². The molecule has 0 aliphatic heterocycles. The van der Waals surface area contributed by atoms with Gasteiger partial charge in [-0.1, -0.05) is 30.3 Å². The van der Waals surface area contributed by atoms with Gasteiger partial charge < -0.3 is 10.6 Å². The second kappa shape index (κ2) is 9.66. The van der Waals surface area contributed by atoms with Gasteiger partial charge in [-0.3, -0.25) is 9.67 Å². The van der Waals surface area contributed by atoms with Crippen molar-refractivity contribution in [3.63, 3.8) is 0 Å². The number of nitrogens with zero attached hydrogens (tertiary/aromatic N) is 3. The molecule has 0 bridgehead atoms. The SMILES string of the molecule is CN=C(NCCCn1cccn1)NC(C)CCc1ccccc1. The molecule has 2 aromatic rings. The van der Waals surface area contributed by atoms with Gasteiger partial charge in [-0.05, 0) is 37.8 Å². The minimum absolute atomic E-state index is 0.382. The van der Waals surface area contributed by atoms with E-state index in [1.165, 1.54) is 5.56 Å². The Hall–Kier alpha value is -2.30. The number of aryl methyl sites for hydroxylation is 2. The topological polar surface area (TPSA) is 54.2 Å². The zero-order chi connectivity index (χ0) is 16.3. The van der Waals surface area contributed by atoms with E-state index in [4.69, 9.17) is 0 Å². The highest BCUT2D eigenvalue weighted by atomic mass is 15.3. The highest BCUT2D eigenvalue weighted by Crippen LogP contribution is 2.04. The van der Waals surface area contributed by atoms with Crippen LogP contribution in [0.25, 0.3) is 0 Å². The molecule has 1 aromatic carbocycles. The molecular formula is C18H27N5. The van der Waals surface area contributed by atoms with Crippen molar-refractivity contribution in [2.24, 2.45) is 4.99 Å². The fourth-order valence-corrected chi connectivity index (χ4v) is 2.41. The van der Waals surface area contributed by atoms with Gasteiger partial charge in [0.05, 0.1) is 0 Å². The summed E-state index contributed by atoms with van der Waals surface area (Å²) in [4.78, 5) is 4.29. The van der Waals surface area contributed by atoms with Gasteiger partial charge in [0.2, 0.25) is 0 Å². The van der Waals surface area contributed by atoms with E-state index in [0.29, 0.717) is 6.04 Å². The third kappa shape index (κ3) is 6.55. The van der Waals surface area contributed by atoms with E-state index in [1.54, 1.807) is 0 Å². The number of aromatic nitrogens is 2. The number of aliphatic imine (C=N–C) groups is 1. The predicted molar refractivity (Wildman–Crippen MR) is 95.6 cm³/mol.